The molecule has 0 aromatic carbocycles. The first-order valence-corrected chi connectivity index (χ1v) is 10.7. The second-order valence-electron chi connectivity index (χ2n) is 6.59. The highest BCUT2D eigenvalue weighted by atomic mass is 32.2. The first-order valence-electron chi connectivity index (χ1n) is 8.94. The summed E-state index contributed by atoms with van der Waals surface area (Å²) in [7, 11) is 0. The molecule has 3 heterocycles. The number of aromatic nitrogens is 2. The molecule has 0 unspecified atom stereocenters. The zero-order valence-corrected chi connectivity index (χ0v) is 15.8. The van der Waals surface area contributed by atoms with Crippen LogP contribution in [0.5, 0.6) is 0 Å². The van der Waals surface area contributed by atoms with Gasteiger partial charge in [-0.15, -0.1) is 11.3 Å². The van der Waals surface area contributed by atoms with Gasteiger partial charge in [-0.25, -0.2) is 4.98 Å². The molecule has 5 nitrogen and oxygen atoms in total. The number of rotatable bonds is 6. The molecule has 25 heavy (non-hydrogen) atoms. The van der Waals surface area contributed by atoms with E-state index in [1.54, 1.807) is 23.1 Å². The van der Waals surface area contributed by atoms with E-state index in [0.29, 0.717) is 13.0 Å². The lowest BCUT2D eigenvalue weighted by atomic mass is 10.2. The Morgan fingerprint density at radius 1 is 1.40 bits per heavy atom. The Balaban J connectivity index is 1.72. The van der Waals surface area contributed by atoms with Crippen LogP contribution in [0.4, 0.5) is 0 Å². The molecule has 0 amide bonds. The van der Waals surface area contributed by atoms with Crippen molar-refractivity contribution in [3.05, 3.63) is 20.8 Å². The molecule has 7 heteroatoms. The zero-order chi connectivity index (χ0) is 17.2. The number of thioether (sulfide) groups is 1. The van der Waals surface area contributed by atoms with Gasteiger partial charge in [-0.1, -0.05) is 11.8 Å². The largest absolute Gasteiger partial charge is 0.376 e. The van der Waals surface area contributed by atoms with Crippen molar-refractivity contribution in [2.45, 2.75) is 62.8 Å². The second-order valence-corrected chi connectivity index (χ2v) is 8.74. The van der Waals surface area contributed by atoms with Crippen molar-refractivity contribution in [2.24, 2.45) is 0 Å². The highest BCUT2D eigenvalue weighted by Gasteiger charge is 2.25. The molecule has 1 aliphatic heterocycles. The fourth-order valence-corrected chi connectivity index (χ4v) is 5.89. The van der Waals surface area contributed by atoms with Gasteiger partial charge in [-0.05, 0) is 44.1 Å². The molecule has 2 aromatic heterocycles. The second kappa shape index (κ2) is 7.48. The van der Waals surface area contributed by atoms with Gasteiger partial charge in [-0.2, -0.15) is 5.26 Å². The summed E-state index contributed by atoms with van der Waals surface area (Å²) >= 11 is 3.28. The maximum Gasteiger partial charge on any atom is 0.263 e. The van der Waals surface area contributed by atoms with E-state index in [4.69, 9.17) is 15.0 Å². The Morgan fingerprint density at radius 2 is 2.32 bits per heavy atom. The van der Waals surface area contributed by atoms with Gasteiger partial charge in [0.15, 0.2) is 5.16 Å². The molecule has 2 aromatic rings. The smallest absolute Gasteiger partial charge is 0.263 e. The number of hydrogen-bond acceptors (Lipinski definition) is 6. The molecule has 0 N–H and O–H groups in total. The van der Waals surface area contributed by atoms with Crippen LogP contribution in [0.15, 0.2) is 9.95 Å². The Bertz CT molecular complexity index is 875. The Kier molecular flexibility index (Phi) is 5.11. The van der Waals surface area contributed by atoms with Crippen molar-refractivity contribution in [1.82, 2.24) is 9.55 Å². The number of fused-ring (bicyclic) bond motifs is 3. The zero-order valence-electron chi connectivity index (χ0n) is 14.1. The fraction of sp³-hybridized carbons (Fsp3) is 0.611. The Hall–Kier alpha value is -1.36. The van der Waals surface area contributed by atoms with Gasteiger partial charge in [0, 0.05) is 23.7 Å². The number of aryl methyl sites for hydroxylation is 2. The number of hydrogen-bond donors (Lipinski definition) is 0. The third kappa shape index (κ3) is 3.35. The van der Waals surface area contributed by atoms with Crippen LogP contribution in [-0.4, -0.2) is 28.0 Å². The summed E-state index contributed by atoms with van der Waals surface area (Å²) in [6, 6.07) is 2.17. The lowest BCUT2D eigenvalue weighted by Crippen LogP contribution is -2.29. The van der Waals surface area contributed by atoms with Crippen molar-refractivity contribution in [1.29, 1.82) is 5.26 Å². The summed E-state index contributed by atoms with van der Waals surface area (Å²) in [6.07, 6.45) is 6.76. The van der Waals surface area contributed by atoms with Crippen molar-refractivity contribution in [3.63, 3.8) is 0 Å². The lowest BCUT2D eigenvalue weighted by Gasteiger charge is -2.15. The van der Waals surface area contributed by atoms with Crippen LogP contribution in [0, 0.1) is 11.3 Å². The molecule has 132 valence electrons. The quantitative estimate of drug-likeness (QED) is 0.439. The summed E-state index contributed by atoms with van der Waals surface area (Å²) in [5, 5.41) is 10.3. The number of thiophene rings is 1. The van der Waals surface area contributed by atoms with E-state index in [1.165, 1.54) is 10.4 Å². The highest BCUT2D eigenvalue weighted by Crippen LogP contribution is 2.35. The van der Waals surface area contributed by atoms with Crippen LogP contribution >= 0.6 is 23.1 Å². The summed E-state index contributed by atoms with van der Waals surface area (Å²) in [5.41, 5.74) is 1.34. The molecule has 1 fully saturated rings. The van der Waals surface area contributed by atoms with E-state index >= 15 is 0 Å². The van der Waals surface area contributed by atoms with Gasteiger partial charge < -0.3 is 4.74 Å². The maximum absolute atomic E-state index is 13.3. The third-order valence-electron chi connectivity index (χ3n) is 4.86. The minimum atomic E-state index is 0.0997. The summed E-state index contributed by atoms with van der Waals surface area (Å²) in [5.74, 6) is 0.808. The van der Waals surface area contributed by atoms with Crippen molar-refractivity contribution in [2.75, 3.05) is 12.4 Å². The first-order chi connectivity index (χ1) is 12.3. The number of nitriles is 1. The van der Waals surface area contributed by atoms with Crippen LogP contribution in [0.1, 0.15) is 42.5 Å². The molecule has 1 saturated heterocycles. The molecule has 1 aliphatic carbocycles. The topological polar surface area (TPSA) is 67.9 Å². The highest BCUT2D eigenvalue weighted by molar-refractivity contribution is 7.99. The van der Waals surface area contributed by atoms with Gasteiger partial charge in [0.1, 0.15) is 4.83 Å². The minimum absolute atomic E-state index is 0.0997. The van der Waals surface area contributed by atoms with E-state index in [9.17, 15) is 4.79 Å². The van der Waals surface area contributed by atoms with Gasteiger partial charge in [0.05, 0.1) is 24.1 Å². The summed E-state index contributed by atoms with van der Waals surface area (Å²) in [6.45, 7) is 1.38. The van der Waals surface area contributed by atoms with Crippen molar-refractivity contribution in [3.8, 4) is 6.07 Å². The predicted octanol–water partition coefficient (Wildman–Crippen LogP) is 3.52. The Labute approximate surface area is 155 Å². The van der Waals surface area contributed by atoms with Crippen LogP contribution < -0.4 is 5.56 Å². The van der Waals surface area contributed by atoms with E-state index in [2.05, 4.69) is 6.07 Å². The minimum Gasteiger partial charge on any atom is -0.376 e. The molecule has 0 bridgehead atoms. The number of unbranched alkanes of at least 4 members (excludes halogenated alkanes) is 1. The average molecular weight is 376 g/mol. The predicted molar refractivity (Wildman–Crippen MR) is 100 cm³/mol. The molecular weight excluding hydrogens is 354 g/mol. The SMILES string of the molecule is N#CCCCSc1nc2sc3c(c2c(=O)n1C[C@H]1CCCO1)CCC3. The van der Waals surface area contributed by atoms with E-state index < -0.39 is 0 Å². The summed E-state index contributed by atoms with van der Waals surface area (Å²) in [4.78, 5) is 20.3. The normalized spacial score (nSPS) is 19.4. The lowest BCUT2D eigenvalue weighted by molar-refractivity contribution is 0.0937. The number of ether oxygens (including phenoxy) is 1. The van der Waals surface area contributed by atoms with Gasteiger partial charge >= 0.3 is 0 Å². The standard InChI is InChI=1S/C18H21N3O2S2/c19-8-1-2-10-24-18-20-16-15(13-6-3-7-14(13)25-16)17(22)21(18)11-12-5-4-9-23-12/h12H,1-7,9-11H2/t12-/m1/s1. The molecule has 1 atom stereocenters. The van der Waals surface area contributed by atoms with Crippen LogP contribution in [0.25, 0.3) is 10.2 Å². The van der Waals surface area contributed by atoms with E-state index in [0.717, 1.165) is 66.3 Å². The van der Waals surface area contributed by atoms with Crippen LogP contribution in [0.3, 0.4) is 0 Å². The van der Waals surface area contributed by atoms with Gasteiger partial charge in [0.2, 0.25) is 0 Å². The van der Waals surface area contributed by atoms with E-state index in [1.807, 2.05) is 4.57 Å². The van der Waals surface area contributed by atoms with Gasteiger partial charge in [0.25, 0.3) is 5.56 Å². The van der Waals surface area contributed by atoms with Crippen molar-refractivity contribution < 1.29 is 4.74 Å². The van der Waals surface area contributed by atoms with Crippen molar-refractivity contribution >= 4 is 33.3 Å². The molecule has 0 radical (unpaired) electrons. The monoisotopic (exact) mass is 375 g/mol. The fourth-order valence-electron chi connectivity index (χ4n) is 3.64. The number of nitrogens with zero attached hydrogens (tertiary/aromatic N) is 3. The van der Waals surface area contributed by atoms with Gasteiger partial charge in [-0.3, -0.25) is 9.36 Å². The third-order valence-corrected chi connectivity index (χ3v) is 7.11. The Morgan fingerprint density at radius 3 is 3.12 bits per heavy atom. The molecule has 4 rings (SSSR count). The maximum atomic E-state index is 13.3. The van der Waals surface area contributed by atoms with E-state index in [-0.39, 0.29) is 11.7 Å². The molecule has 0 saturated carbocycles. The molecule has 0 spiro atoms. The molecule has 2 aliphatic rings. The summed E-state index contributed by atoms with van der Waals surface area (Å²) < 4.78 is 7.59. The first kappa shape index (κ1) is 17.1. The van der Waals surface area contributed by atoms with Crippen LogP contribution in [-0.2, 0) is 24.1 Å². The average Bonchev–Trinajstić information content (AvgIpc) is 3.31. The molecular formula is C18H21N3O2S2. The van der Waals surface area contributed by atoms with Crippen LogP contribution in [0.2, 0.25) is 0 Å².